The Kier molecular flexibility index (Phi) is 5.62. The molecule has 0 saturated carbocycles. The zero-order valence-electron chi connectivity index (χ0n) is 18.4. The van der Waals surface area contributed by atoms with Crippen LogP contribution in [0.2, 0.25) is 5.02 Å². The summed E-state index contributed by atoms with van der Waals surface area (Å²) < 4.78 is 10.5. The highest BCUT2D eigenvalue weighted by Crippen LogP contribution is 2.42. The molecule has 0 bridgehead atoms. The fourth-order valence-electron chi connectivity index (χ4n) is 4.21. The smallest absolute Gasteiger partial charge is 0.337 e. The van der Waals surface area contributed by atoms with Gasteiger partial charge in [-0.25, -0.2) is 4.79 Å². The molecule has 0 aliphatic carbocycles. The Morgan fingerprint density at radius 2 is 1.77 bits per heavy atom. The van der Waals surface area contributed by atoms with Gasteiger partial charge >= 0.3 is 5.97 Å². The maximum atomic E-state index is 13.6. The third-order valence-corrected chi connectivity index (χ3v) is 6.05. The average Bonchev–Trinajstić information content (AvgIpc) is 3.42. The van der Waals surface area contributed by atoms with Gasteiger partial charge in [0.05, 0.1) is 24.3 Å². The zero-order valence-corrected chi connectivity index (χ0v) is 19.2. The van der Waals surface area contributed by atoms with Crippen molar-refractivity contribution in [2.75, 3.05) is 12.0 Å². The molecule has 0 radical (unpaired) electrons. The first-order valence-corrected chi connectivity index (χ1v) is 11.0. The fourth-order valence-corrected chi connectivity index (χ4v) is 4.39. The van der Waals surface area contributed by atoms with Crippen LogP contribution in [0.5, 0.6) is 0 Å². The van der Waals surface area contributed by atoms with Crippen LogP contribution in [0.3, 0.4) is 0 Å². The lowest BCUT2D eigenvalue weighted by atomic mass is 9.94. The van der Waals surface area contributed by atoms with E-state index in [1.165, 1.54) is 24.1 Å². The number of methoxy groups -OCH3 is 1. The number of aliphatic hydroxyl groups excluding tert-OH is 1. The highest BCUT2D eigenvalue weighted by molar-refractivity contribution is 6.31. The van der Waals surface area contributed by atoms with Crippen molar-refractivity contribution in [3.05, 3.63) is 112 Å². The summed E-state index contributed by atoms with van der Waals surface area (Å²) in [5, 5.41) is 12.0. The van der Waals surface area contributed by atoms with Crippen molar-refractivity contribution in [1.29, 1.82) is 0 Å². The van der Waals surface area contributed by atoms with Crippen molar-refractivity contribution < 1.29 is 28.6 Å². The monoisotopic (exact) mass is 487 g/mol. The molecule has 0 saturated heterocycles. The van der Waals surface area contributed by atoms with Crippen molar-refractivity contribution in [3.8, 4) is 0 Å². The van der Waals surface area contributed by atoms with Gasteiger partial charge in [-0.15, -0.1) is 0 Å². The van der Waals surface area contributed by atoms with Crippen LogP contribution in [0.25, 0.3) is 11.0 Å². The Bertz CT molecular complexity index is 1520. The van der Waals surface area contributed by atoms with E-state index < -0.39 is 29.5 Å². The summed E-state index contributed by atoms with van der Waals surface area (Å²) in [5.74, 6) is -2.72. The topological polar surface area (TPSA) is 97.0 Å². The molecular formula is C27H18ClNO6. The summed E-state index contributed by atoms with van der Waals surface area (Å²) >= 11 is 6.05. The molecule has 7 nitrogen and oxygen atoms in total. The quantitative estimate of drug-likeness (QED) is 0.288. The molecule has 0 spiro atoms. The van der Waals surface area contributed by atoms with Gasteiger partial charge < -0.3 is 14.3 Å². The predicted octanol–water partition coefficient (Wildman–Crippen LogP) is 5.66. The number of furan rings is 1. The number of benzene rings is 3. The normalized spacial score (nSPS) is 15.7. The molecule has 5 rings (SSSR count). The first-order valence-electron chi connectivity index (χ1n) is 10.6. The first kappa shape index (κ1) is 22.4. The van der Waals surface area contributed by atoms with Gasteiger partial charge in [-0.3, -0.25) is 14.5 Å². The molecule has 1 N–H and O–H groups in total. The fraction of sp³-hybridized carbons (Fsp3) is 0.0741. The standard InChI is InChI=1S/C27H18ClNO6/c1-34-27(33)16-8-5-9-19(13-16)29-23(15-6-3-2-4-7-15)22(25(31)26(29)32)24(30)21-14-17-12-18(28)10-11-20(17)35-21/h2-14,23,31H,1H3. The number of anilines is 1. The highest BCUT2D eigenvalue weighted by atomic mass is 35.5. The Morgan fingerprint density at radius 1 is 1.00 bits per heavy atom. The van der Waals surface area contributed by atoms with Crippen LogP contribution in [0.1, 0.15) is 32.5 Å². The lowest BCUT2D eigenvalue weighted by molar-refractivity contribution is -0.117. The number of hydrogen-bond donors (Lipinski definition) is 1. The summed E-state index contributed by atoms with van der Waals surface area (Å²) in [4.78, 5) is 40.3. The van der Waals surface area contributed by atoms with Crippen LogP contribution < -0.4 is 4.90 Å². The van der Waals surface area contributed by atoms with Gasteiger partial charge in [-0.05, 0) is 48.0 Å². The number of fused-ring (bicyclic) bond motifs is 1. The van der Waals surface area contributed by atoms with Crippen LogP contribution in [-0.4, -0.2) is 29.9 Å². The Morgan fingerprint density at radius 3 is 2.51 bits per heavy atom. The SMILES string of the molecule is COC(=O)c1cccc(N2C(=O)C(O)=C(C(=O)c3cc4cc(Cl)ccc4o3)C2c2ccccc2)c1. The molecule has 1 unspecified atom stereocenters. The molecule has 1 atom stereocenters. The van der Waals surface area contributed by atoms with E-state index in [0.717, 1.165) is 0 Å². The van der Waals surface area contributed by atoms with Gasteiger partial charge in [0.15, 0.2) is 11.5 Å². The lowest BCUT2D eigenvalue weighted by Gasteiger charge is -2.27. The van der Waals surface area contributed by atoms with E-state index in [0.29, 0.717) is 27.2 Å². The third-order valence-electron chi connectivity index (χ3n) is 5.82. The molecular weight excluding hydrogens is 470 g/mol. The second-order valence-electron chi connectivity index (χ2n) is 7.91. The highest BCUT2D eigenvalue weighted by Gasteiger charge is 2.45. The van der Waals surface area contributed by atoms with E-state index in [1.807, 2.05) is 0 Å². The number of nitrogens with zero attached hydrogens (tertiary/aromatic N) is 1. The van der Waals surface area contributed by atoms with E-state index in [-0.39, 0.29) is 16.9 Å². The average molecular weight is 488 g/mol. The van der Waals surface area contributed by atoms with Crippen molar-refractivity contribution in [2.45, 2.75) is 6.04 Å². The van der Waals surface area contributed by atoms with Crippen LogP contribution in [-0.2, 0) is 9.53 Å². The maximum absolute atomic E-state index is 13.6. The van der Waals surface area contributed by atoms with Gasteiger partial charge in [0.2, 0.25) is 5.78 Å². The van der Waals surface area contributed by atoms with E-state index in [9.17, 15) is 19.5 Å². The van der Waals surface area contributed by atoms with E-state index in [4.69, 9.17) is 20.8 Å². The van der Waals surface area contributed by atoms with Crippen molar-refractivity contribution in [3.63, 3.8) is 0 Å². The number of carbonyl (C=O) groups excluding carboxylic acids is 3. The summed E-state index contributed by atoms with van der Waals surface area (Å²) in [6.45, 7) is 0. The van der Waals surface area contributed by atoms with Crippen LogP contribution in [0, 0.1) is 0 Å². The maximum Gasteiger partial charge on any atom is 0.337 e. The summed E-state index contributed by atoms with van der Waals surface area (Å²) in [5.41, 5.74) is 1.45. The van der Waals surface area contributed by atoms with Gasteiger partial charge in [0, 0.05) is 16.1 Å². The van der Waals surface area contributed by atoms with E-state index >= 15 is 0 Å². The van der Waals surface area contributed by atoms with E-state index in [1.54, 1.807) is 66.7 Å². The second kappa shape index (κ2) is 8.77. The number of aliphatic hydroxyl groups is 1. The number of rotatable bonds is 5. The largest absolute Gasteiger partial charge is 0.503 e. The van der Waals surface area contributed by atoms with Gasteiger partial charge in [-0.2, -0.15) is 0 Å². The Balaban J connectivity index is 1.64. The number of esters is 1. The van der Waals surface area contributed by atoms with Crippen molar-refractivity contribution in [1.82, 2.24) is 0 Å². The Hall–Kier alpha value is -4.36. The third kappa shape index (κ3) is 3.86. The molecule has 1 aliphatic rings. The summed E-state index contributed by atoms with van der Waals surface area (Å²) in [6.07, 6.45) is 0. The van der Waals surface area contributed by atoms with Crippen molar-refractivity contribution in [2.24, 2.45) is 0 Å². The minimum atomic E-state index is -0.958. The number of ketones is 1. The number of halogens is 1. The molecule has 1 aromatic heterocycles. The number of hydrogen-bond acceptors (Lipinski definition) is 6. The number of ether oxygens (including phenoxy) is 1. The summed E-state index contributed by atoms with van der Waals surface area (Å²) in [6, 6.07) is 20.6. The van der Waals surface area contributed by atoms with Crippen LogP contribution in [0.4, 0.5) is 5.69 Å². The molecule has 35 heavy (non-hydrogen) atoms. The molecule has 2 heterocycles. The zero-order chi connectivity index (χ0) is 24.7. The first-order chi connectivity index (χ1) is 16.9. The molecule has 1 aliphatic heterocycles. The number of amides is 1. The number of carbonyl (C=O) groups is 3. The van der Waals surface area contributed by atoms with Gasteiger partial charge in [0.1, 0.15) is 5.58 Å². The van der Waals surface area contributed by atoms with Gasteiger partial charge in [0.25, 0.3) is 5.91 Å². The molecule has 4 aromatic rings. The van der Waals surface area contributed by atoms with Gasteiger partial charge in [-0.1, -0.05) is 48.0 Å². The predicted molar refractivity (Wildman–Crippen MR) is 130 cm³/mol. The molecule has 3 aromatic carbocycles. The molecule has 8 heteroatoms. The second-order valence-corrected chi connectivity index (χ2v) is 8.35. The molecule has 0 fully saturated rings. The molecule has 1 amide bonds. The minimum absolute atomic E-state index is 0.0392. The Labute approximate surface area is 204 Å². The van der Waals surface area contributed by atoms with E-state index in [2.05, 4.69) is 0 Å². The lowest BCUT2D eigenvalue weighted by Crippen LogP contribution is -2.31. The summed E-state index contributed by atoms with van der Waals surface area (Å²) in [7, 11) is 1.26. The van der Waals surface area contributed by atoms with Crippen molar-refractivity contribution >= 4 is 45.9 Å². The minimum Gasteiger partial charge on any atom is -0.503 e. The number of Topliss-reactive ketones (excluding diaryl/α,β-unsaturated/α-hetero) is 1. The van der Waals surface area contributed by atoms with Crippen LogP contribution in [0.15, 0.2) is 94.6 Å². The molecule has 174 valence electrons. The van der Waals surface area contributed by atoms with Crippen LogP contribution >= 0.6 is 11.6 Å².